The summed E-state index contributed by atoms with van der Waals surface area (Å²) in [6.45, 7) is 9.45. The lowest BCUT2D eigenvalue weighted by atomic mass is 9.86. The number of amides is 1. The number of nitriles is 1. The van der Waals surface area contributed by atoms with Crippen LogP contribution in [0.4, 0.5) is 5.82 Å². The van der Waals surface area contributed by atoms with Gasteiger partial charge in [0.1, 0.15) is 24.2 Å². The van der Waals surface area contributed by atoms with Gasteiger partial charge in [0.25, 0.3) is 5.91 Å². The summed E-state index contributed by atoms with van der Waals surface area (Å²) in [5, 5.41) is 10.2. The van der Waals surface area contributed by atoms with Crippen molar-refractivity contribution in [2.75, 3.05) is 31.6 Å². The third-order valence-electron chi connectivity index (χ3n) is 6.48. The number of hydrogen-bond donors (Lipinski definition) is 0. The Bertz CT molecular complexity index is 1130. The van der Waals surface area contributed by atoms with Crippen molar-refractivity contribution in [3.05, 3.63) is 46.5 Å². The third kappa shape index (κ3) is 4.26. The fraction of sp³-hybridized carbons (Fsp3) is 0.520. The molecule has 1 fully saturated rings. The third-order valence-corrected chi connectivity index (χ3v) is 6.48. The molecule has 2 aliphatic rings. The van der Waals surface area contributed by atoms with Crippen molar-refractivity contribution in [3.63, 3.8) is 0 Å². The van der Waals surface area contributed by atoms with Gasteiger partial charge in [-0.15, -0.1) is 0 Å². The van der Waals surface area contributed by atoms with Crippen molar-refractivity contribution in [1.29, 1.82) is 5.26 Å². The Labute approximate surface area is 199 Å². The maximum atomic E-state index is 13.0. The van der Waals surface area contributed by atoms with E-state index in [0.29, 0.717) is 36.5 Å². The largest absolute Gasteiger partial charge is 0.472 e. The zero-order valence-corrected chi connectivity index (χ0v) is 20.3. The van der Waals surface area contributed by atoms with Crippen LogP contribution in [0.5, 0.6) is 0 Å². The maximum absolute atomic E-state index is 13.0. The van der Waals surface area contributed by atoms with E-state index in [1.54, 1.807) is 6.07 Å². The molecule has 0 N–H and O–H groups in total. The molecule has 34 heavy (non-hydrogen) atoms. The highest BCUT2D eigenvalue weighted by Gasteiger charge is 2.39. The standard InChI is InChI=1S/C25H30N4O5/c1-15(2)21-19-14-34-25(3,4)10-17(19)18(11-26)22(27-21)28-7-8-29(20(12-28)24(31)32-5)23(30)16-6-9-33-13-16/h6,9,13,15,20H,7-8,10,12,14H2,1-5H3. The van der Waals surface area contributed by atoms with Crippen molar-refractivity contribution in [1.82, 2.24) is 9.88 Å². The number of esters is 1. The van der Waals surface area contributed by atoms with E-state index < -0.39 is 17.6 Å². The number of anilines is 1. The van der Waals surface area contributed by atoms with Gasteiger partial charge in [0, 0.05) is 25.1 Å². The predicted molar refractivity (Wildman–Crippen MR) is 123 cm³/mol. The van der Waals surface area contributed by atoms with Crippen molar-refractivity contribution in [3.8, 4) is 6.07 Å². The molecule has 4 heterocycles. The van der Waals surface area contributed by atoms with E-state index in [2.05, 4.69) is 19.9 Å². The van der Waals surface area contributed by atoms with Crippen LogP contribution in [0.15, 0.2) is 23.0 Å². The molecule has 2 aliphatic heterocycles. The summed E-state index contributed by atoms with van der Waals surface area (Å²) in [5.41, 5.74) is 3.32. The summed E-state index contributed by atoms with van der Waals surface area (Å²) in [6.07, 6.45) is 3.38. The lowest BCUT2D eigenvalue weighted by Crippen LogP contribution is -2.59. The van der Waals surface area contributed by atoms with Gasteiger partial charge < -0.3 is 23.7 Å². The van der Waals surface area contributed by atoms with Crippen molar-refractivity contribution < 1.29 is 23.5 Å². The van der Waals surface area contributed by atoms with Gasteiger partial charge in [-0.25, -0.2) is 9.78 Å². The number of nitrogens with zero attached hydrogens (tertiary/aromatic N) is 4. The van der Waals surface area contributed by atoms with Crippen LogP contribution in [0.3, 0.4) is 0 Å². The lowest BCUT2D eigenvalue weighted by molar-refractivity contribution is -0.146. The molecule has 9 nitrogen and oxygen atoms in total. The molecule has 0 aliphatic carbocycles. The highest BCUT2D eigenvalue weighted by Crippen LogP contribution is 2.38. The molecule has 1 saturated heterocycles. The maximum Gasteiger partial charge on any atom is 0.330 e. The smallest absolute Gasteiger partial charge is 0.330 e. The number of pyridine rings is 1. The highest BCUT2D eigenvalue weighted by atomic mass is 16.5. The van der Waals surface area contributed by atoms with E-state index in [1.165, 1.54) is 24.5 Å². The Hall–Kier alpha value is -3.38. The number of carbonyl (C=O) groups excluding carboxylic acids is 2. The first-order valence-electron chi connectivity index (χ1n) is 11.4. The molecule has 2 aromatic heterocycles. The van der Waals surface area contributed by atoms with Crippen LogP contribution >= 0.6 is 0 Å². The number of carbonyl (C=O) groups is 2. The molecular weight excluding hydrogens is 436 g/mol. The normalized spacial score (nSPS) is 19.5. The number of hydrogen-bond acceptors (Lipinski definition) is 8. The van der Waals surface area contributed by atoms with Crippen molar-refractivity contribution in [2.45, 2.75) is 58.3 Å². The molecule has 180 valence electrons. The van der Waals surface area contributed by atoms with E-state index >= 15 is 0 Å². The average Bonchev–Trinajstić information content (AvgIpc) is 3.36. The van der Waals surface area contributed by atoms with Crippen molar-refractivity contribution in [2.24, 2.45) is 0 Å². The Morgan fingerprint density at radius 3 is 2.68 bits per heavy atom. The summed E-state index contributed by atoms with van der Waals surface area (Å²) in [7, 11) is 1.30. The second kappa shape index (κ2) is 9.11. The monoisotopic (exact) mass is 466 g/mol. The summed E-state index contributed by atoms with van der Waals surface area (Å²) >= 11 is 0. The van der Waals surface area contributed by atoms with Gasteiger partial charge >= 0.3 is 5.97 Å². The van der Waals surface area contributed by atoms with Crippen LogP contribution in [0, 0.1) is 11.3 Å². The zero-order chi connectivity index (χ0) is 24.6. The number of ether oxygens (including phenoxy) is 2. The van der Waals surface area contributed by atoms with Crippen LogP contribution in [0.1, 0.15) is 66.4 Å². The van der Waals surface area contributed by atoms with Crippen LogP contribution in [-0.4, -0.2) is 60.1 Å². The van der Waals surface area contributed by atoms with Crippen molar-refractivity contribution >= 4 is 17.7 Å². The number of furan rings is 1. The first-order chi connectivity index (χ1) is 16.2. The predicted octanol–water partition coefficient (Wildman–Crippen LogP) is 3.02. The SMILES string of the molecule is COC(=O)C1CN(c2nc(C(C)C)c3c(c2C#N)CC(C)(C)OC3)CCN1C(=O)c1ccoc1. The first-order valence-corrected chi connectivity index (χ1v) is 11.4. The number of piperazine rings is 1. The average molecular weight is 467 g/mol. The molecule has 4 rings (SSSR count). The van der Waals surface area contributed by atoms with Gasteiger partial charge in [0.05, 0.1) is 48.9 Å². The van der Waals surface area contributed by atoms with E-state index in [4.69, 9.17) is 18.9 Å². The Kier molecular flexibility index (Phi) is 6.36. The number of methoxy groups -OCH3 is 1. The lowest BCUT2D eigenvalue weighted by Gasteiger charge is -2.41. The molecule has 0 bridgehead atoms. The molecule has 2 aromatic rings. The Morgan fingerprint density at radius 1 is 1.29 bits per heavy atom. The molecular formula is C25H30N4O5. The molecule has 0 aromatic carbocycles. The Balaban J connectivity index is 1.75. The summed E-state index contributed by atoms with van der Waals surface area (Å²) in [4.78, 5) is 34.1. The second-order valence-electron chi connectivity index (χ2n) is 9.64. The topological polar surface area (TPSA) is 109 Å². The minimum absolute atomic E-state index is 0.130. The molecule has 1 amide bonds. The summed E-state index contributed by atoms with van der Waals surface area (Å²) in [5.74, 6) is -0.140. The van der Waals surface area contributed by atoms with Crippen LogP contribution < -0.4 is 4.90 Å². The van der Waals surface area contributed by atoms with E-state index in [-0.39, 0.29) is 24.9 Å². The Morgan fingerprint density at radius 2 is 2.06 bits per heavy atom. The first kappa shape index (κ1) is 23.8. The zero-order valence-electron chi connectivity index (χ0n) is 20.3. The van der Waals surface area contributed by atoms with Crippen LogP contribution in [0.25, 0.3) is 0 Å². The van der Waals surface area contributed by atoms with Gasteiger partial charge in [-0.2, -0.15) is 5.26 Å². The minimum atomic E-state index is -0.840. The summed E-state index contributed by atoms with van der Waals surface area (Å²) < 4.78 is 16.1. The number of fused-ring (bicyclic) bond motifs is 1. The minimum Gasteiger partial charge on any atom is -0.472 e. The molecule has 1 unspecified atom stereocenters. The quantitative estimate of drug-likeness (QED) is 0.633. The van der Waals surface area contributed by atoms with Gasteiger partial charge in [-0.05, 0) is 31.4 Å². The van der Waals surface area contributed by atoms with Crippen LogP contribution in [-0.2, 0) is 27.3 Å². The second-order valence-corrected chi connectivity index (χ2v) is 9.64. The molecule has 1 atom stereocenters. The fourth-order valence-corrected chi connectivity index (χ4v) is 4.71. The van der Waals surface area contributed by atoms with Gasteiger partial charge in [-0.1, -0.05) is 13.8 Å². The number of aromatic nitrogens is 1. The van der Waals surface area contributed by atoms with E-state index in [0.717, 1.165) is 16.8 Å². The van der Waals surface area contributed by atoms with Crippen LogP contribution in [0.2, 0.25) is 0 Å². The van der Waals surface area contributed by atoms with Gasteiger partial charge in [0.15, 0.2) is 0 Å². The molecule has 0 saturated carbocycles. The number of rotatable bonds is 4. The molecule has 9 heteroatoms. The fourth-order valence-electron chi connectivity index (χ4n) is 4.71. The highest BCUT2D eigenvalue weighted by molar-refractivity contribution is 5.97. The van der Waals surface area contributed by atoms with E-state index in [1.807, 2.05) is 18.7 Å². The summed E-state index contributed by atoms with van der Waals surface area (Å²) in [6, 6.07) is 3.10. The molecule has 0 spiro atoms. The van der Waals surface area contributed by atoms with Gasteiger partial charge in [0.2, 0.25) is 0 Å². The van der Waals surface area contributed by atoms with Gasteiger partial charge in [-0.3, -0.25) is 4.79 Å². The van der Waals surface area contributed by atoms with E-state index in [9.17, 15) is 14.9 Å². The molecule has 0 radical (unpaired) electrons.